The Hall–Kier alpha value is -1.29. The summed E-state index contributed by atoms with van der Waals surface area (Å²) in [4.78, 5) is 11.7. The van der Waals surface area contributed by atoms with Crippen LogP contribution in [0.2, 0.25) is 0 Å². The van der Waals surface area contributed by atoms with Crippen molar-refractivity contribution in [1.29, 1.82) is 0 Å². The van der Waals surface area contributed by atoms with Gasteiger partial charge in [0.25, 0.3) is 0 Å². The molecule has 2 N–H and O–H groups in total. The van der Waals surface area contributed by atoms with Crippen molar-refractivity contribution in [2.45, 2.75) is 46.1 Å². The summed E-state index contributed by atoms with van der Waals surface area (Å²) in [6.07, 6.45) is 2.80. The molecule has 1 amide bonds. The standard InChI is InChI=1S/C14H23NO3/c1-13(2,3)8-7-12(16)15-10-14(4,17)11-6-5-9-18-11/h5-6,9,17H,7-8,10H2,1-4H3,(H,15,16). The molecule has 0 bridgehead atoms. The van der Waals surface area contributed by atoms with E-state index in [0.717, 1.165) is 6.42 Å². The van der Waals surface area contributed by atoms with Crippen LogP contribution in [0.1, 0.15) is 46.3 Å². The van der Waals surface area contributed by atoms with Gasteiger partial charge in [-0.15, -0.1) is 0 Å². The quantitative estimate of drug-likeness (QED) is 0.847. The lowest BCUT2D eigenvalue weighted by Gasteiger charge is -2.22. The van der Waals surface area contributed by atoms with Crippen molar-refractivity contribution in [2.24, 2.45) is 5.41 Å². The molecule has 1 heterocycles. The summed E-state index contributed by atoms with van der Waals surface area (Å²) in [5, 5.41) is 12.9. The minimum absolute atomic E-state index is 0.0447. The Morgan fingerprint density at radius 1 is 1.39 bits per heavy atom. The van der Waals surface area contributed by atoms with E-state index in [4.69, 9.17) is 4.42 Å². The third-order valence-electron chi connectivity index (χ3n) is 2.78. The lowest BCUT2D eigenvalue weighted by Crippen LogP contribution is -2.38. The number of furan rings is 1. The molecule has 102 valence electrons. The molecule has 1 aromatic rings. The molecule has 1 atom stereocenters. The van der Waals surface area contributed by atoms with Crippen molar-refractivity contribution in [3.63, 3.8) is 0 Å². The number of hydrogen-bond acceptors (Lipinski definition) is 3. The summed E-state index contributed by atoms with van der Waals surface area (Å²) < 4.78 is 5.14. The van der Waals surface area contributed by atoms with Crippen LogP contribution in [0.3, 0.4) is 0 Å². The van der Waals surface area contributed by atoms with E-state index >= 15 is 0 Å². The molecular weight excluding hydrogens is 230 g/mol. The monoisotopic (exact) mass is 253 g/mol. The van der Waals surface area contributed by atoms with E-state index < -0.39 is 5.60 Å². The molecule has 0 aliphatic carbocycles. The first-order valence-electron chi connectivity index (χ1n) is 6.24. The average molecular weight is 253 g/mol. The van der Waals surface area contributed by atoms with Gasteiger partial charge in [0.2, 0.25) is 5.91 Å². The van der Waals surface area contributed by atoms with Crippen molar-refractivity contribution >= 4 is 5.91 Å². The van der Waals surface area contributed by atoms with Crippen molar-refractivity contribution in [3.8, 4) is 0 Å². The van der Waals surface area contributed by atoms with Gasteiger partial charge in [-0.2, -0.15) is 0 Å². The first kappa shape index (κ1) is 14.8. The summed E-state index contributed by atoms with van der Waals surface area (Å²) >= 11 is 0. The van der Waals surface area contributed by atoms with Crippen LogP contribution in [0.4, 0.5) is 0 Å². The number of aliphatic hydroxyl groups is 1. The molecule has 1 unspecified atom stereocenters. The van der Waals surface area contributed by atoms with Crippen LogP contribution < -0.4 is 5.32 Å². The summed E-state index contributed by atoms with van der Waals surface area (Å²) in [6.45, 7) is 8.07. The third kappa shape index (κ3) is 4.92. The number of nitrogens with one attached hydrogen (secondary N) is 1. The third-order valence-corrected chi connectivity index (χ3v) is 2.78. The van der Waals surface area contributed by atoms with Gasteiger partial charge in [-0.3, -0.25) is 4.79 Å². The maximum absolute atomic E-state index is 11.7. The van der Waals surface area contributed by atoms with Gasteiger partial charge in [0.1, 0.15) is 11.4 Å². The van der Waals surface area contributed by atoms with E-state index in [9.17, 15) is 9.90 Å². The summed E-state index contributed by atoms with van der Waals surface area (Å²) in [5.74, 6) is 0.412. The highest BCUT2D eigenvalue weighted by Crippen LogP contribution is 2.21. The van der Waals surface area contributed by atoms with Crippen LogP contribution in [-0.2, 0) is 10.4 Å². The summed E-state index contributed by atoms with van der Waals surface area (Å²) in [6, 6.07) is 3.41. The van der Waals surface area contributed by atoms with Gasteiger partial charge in [0.15, 0.2) is 0 Å². The summed E-state index contributed by atoms with van der Waals surface area (Å²) in [5.41, 5.74) is -1.03. The van der Waals surface area contributed by atoms with Crippen molar-refractivity contribution in [1.82, 2.24) is 5.32 Å². The van der Waals surface area contributed by atoms with E-state index in [1.165, 1.54) is 6.26 Å². The van der Waals surface area contributed by atoms with Gasteiger partial charge >= 0.3 is 0 Å². The molecule has 0 radical (unpaired) electrons. The van der Waals surface area contributed by atoms with E-state index in [-0.39, 0.29) is 17.9 Å². The minimum atomic E-state index is -1.17. The Bertz CT molecular complexity index is 374. The number of amides is 1. The fourth-order valence-corrected chi connectivity index (χ4v) is 1.52. The second-order valence-corrected chi connectivity index (χ2v) is 6.09. The molecule has 0 saturated carbocycles. The second-order valence-electron chi connectivity index (χ2n) is 6.09. The average Bonchev–Trinajstić information content (AvgIpc) is 2.76. The maximum Gasteiger partial charge on any atom is 0.220 e. The molecule has 0 spiro atoms. The zero-order chi connectivity index (χ0) is 13.8. The van der Waals surface area contributed by atoms with E-state index in [1.54, 1.807) is 19.1 Å². The SMILES string of the molecule is CC(C)(C)CCC(=O)NCC(C)(O)c1ccco1. The highest BCUT2D eigenvalue weighted by Gasteiger charge is 2.26. The topological polar surface area (TPSA) is 62.5 Å². The van der Waals surface area contributed by atoms with Gasteiger partial charge in [-0.25, -0.2) is 0 Å². The van der Waals surface area contributed by atoms with E-state index in [2.05, 4.69) is 26.1 Å². The molecule has 0 aromatic carbocycles. The number of rotatable bonds is 5. The predicted octanol–water partition coefficient (Wildman–Crippen LogP) is 2.43. The Balaban J connectivity index is 2.39. The Labute approximate surface area is 108 Å². The number of carbonyl (C=O) groups excluding carboxylic acids is 1. The number of hydrogen-bond donors (Lipinski definition) is 2. The predicted molar refractivity (Wildman–Crippen MR) is 70.0 cm³/mol. The molecule has 4 heteroatoms. The number of carbonyl (C=O) groups is 1. The molecule has 1 rings (SSSR count). The normalized spacial score (nSPS) is 15.2. The summed E-state index contributed by atoms with van der Waals surface area (Å²) in [7, 11) is 0. The first-order valence-corrected chi connectivity index (χ1v) is 6.24. The largest absolute Gasteiger partial charge is 0.466 e. The maximum atomic E-state index is 11.7. The molecule has 18 heavy (non-hydrogen) atoms. The Kier molecular flexibility index (Phi) is 4.57. The molecule has 0 fully saturated rings. The fourth-order valence-electron chi connectivity index (χ4n) is 1.52. The van der Waals surface area contributed by atoms with Crippen LogP contribution in [0.5, 0.6) is 0 Å². The minimum Gasteiger partial charge on any atom is -0.466 e. The lowest BCUT2D eigenvalue weighted by molar-refractivity contribution is -0.123. The van der Waals surface area contributed by atoms with Gasteiger partial charge < -0.3 is 14.8 Å². The molecule has 0 saturated heterocycles. The van der Waals surface area contributed by atoms with Crippen LogP contribution in [0.15, 0.2) is 22.8 Å². The molecule has 4 nitrogen and oxygen atoms in total. The molecule has 0 aliphatic heterocycles. The van der Waals surface area contributed by atoms with Crippen LogP contribution in [-0.4, -0.2) is 17.6 Å². The van der Waals surface area contributed by atoms with Crippen molar-refractivity contribution < 1.29 is 14.3 Å². The van der Waals surface area contributed by atoms with Crippen LogP contribution in [0.25, 0.3) is 0 Å². The smallest absolute Gasteiger partial charge is 0.220 e. The van der Waals surface area contributed by atoms with Gasteiger partial charge in [0.05, 0.1) is 12.8 Å². The van der Waals surface area contributed by atoms with E-state index in [1.807, 2.05) is 0 Å². The highest BCUT2D eigenvalue weighted by atomic mass is 16.4. The zero-order valence-corrected chi connectivity index (χ0v) is 11.6. The van der Waals surface area contributed by atoms with Crippen LogP contribution >= 0.6 is 0 Å². The zero-order valence-electron chi connectivity index (χ0n) is 11.6. The molecule has 0 aliphatic rings. The van der Waals surface area contributed by atoms with Crippen molar-refractivity contribution in [2.75, 3.05) is 6.54 Å². The molecule has 1 aromatic heterocycles. The van der Waals surface area contributed by atoms with Gasteiger partial charge in [-0.1, -0.05) is 20.8 Å². The Morgan fingerprint density at radius 2 is 2.06 bits per heavy atom. The lowest BCUT2D eigenvalue weighted by atomic mass is 9.90. The highest BCUT2D eigenvalue weighted by molar-refractivity contribution is 5.75. The molecular formula is C14H23NO3. The van der Waals surface area contributed by atoms with Crippen LogP contribution in [0, 0.1) is 5.41 Å². The van der Waals surface area contributed by atoms with Gasteiger partial charge in [0, 0.05) is 6.42 Å². The van der Waals surface area contributed by atoms with E-state index in [0.29, 0.717) is 12.2 Å². The Morgan fingerprint density at radius 3 is 2.56 bits per heavy atom. The fraction of sp³-hybridized carbons (Fsp3) is 0.643. The second kappa shape index (κ2) is 5.57. The first-order chi connectivity index (χ1) is 8.21. The van der Waals surface area contributed by atoms with Gasteiger partial charge in [-0.05, 0) is 30.9 Å². The van der Waals surface area contributed by atoms with Crippen molar-refractivity contribution in [3.05, 3.63) is 24.2 Å².